The van der Waals surface area contributed by atoms with Crippen molar-refractivity contribution in [3.05, 3.63) is 53.1 Å². The first-order valence-corrected chi connectivity index (χ1v) is 11.3. The lowest BCUT2D eigenvalue weighted by Crippen LogP contribution is -2.31. The Bertz CT molecular complexity index is 1000. The van der Waals surface area contributed by atoms with E-state index in [1.807, 2.05) is 45.9 Å². The second-order valence-corrected chi connectivity index (χ2v) is 9.02. The van der Waals surface area contributed by atoms with Crippen LogP contribution >= 0.6 is 0 Å². The zero-order valence-corrected chi connectivity index (χ0v) is 19.1. The minimum Gasteiger partial charge on any atom is -0.496 e. The lowest BCUT2D eigenvalue weighted by atomic mass is 10.0. The van der Waals surface area contributed by atoms with Crippen molar-refractivity contribution in [1.29, 1.82) is 0 Å². The van der Waals surface area contributed by atoms with Gasteiger partial charge in [-0.25, -0.2) is 13.1 Å². The Morgan fingerprint density at radius 3 is 2.20 bits per heavy atom. The summed E-state index contributed by atoms with van der Waals surface area (Å²) < 4.78 is 39.4. The molecule has 0 saturated carbocycles. The Morgan fingerprint density at radius 1 is 1.03 bits per heavy atom. The maximum absolute atomic E-state index is 13.1. The zero-order valence-electron chi connectivity index (χ0n) is 18.3. The van der Waals surface area contributed by atoms with E-state index in [4.69, 9.17) is 9.47 Å². The number of methoxy groups -OCH3 is 2. The van der Waals surface area contributed by atoms with Gasteiger partial charge in [-0.2, -0.15) is 0 Å². The van der Waals surface area contributed by atoms with Crippen molar-refractivity contribution < 1.29 is 22.7 Å². The fourth-order valence-electron chi connectivity index (χ4n) is 3.13. The Labute approximate surface area is 178 Å². The van der Waals surface area contributed by atoms with Crippen molar-refractivity contribution in [3.63, 3.8) is 0 Å². The summed E-state index contributed by atoms with van der Waals surface area (Å²) in [6.45, 7) is 7.47. The number of aryl methyl sites for hydroxylation is 1. The number of benzene rings is 2. The standard InChI is InChI=1S/C22H30N2O5S/c1-7-19(16-8-10-20(28-5)15(4)12-16)24-30(26,27)17-9-11-21(29-6)18(13-17)22(25)23-14(2)3/h8-14,19,24H,7H2,1-6H3,(H,23,25)/t19-/m1/s1. The molecule has 0 bridgehead atoms. The minimum absolute atomic E-state index is 0.000824. The quantitative estimate of drug-likeness (QED) is 0.629. The largest absolute Gasteiger partial charge is 0.496 e. The van der Waals surface area contributed by atoms with E-state index >= 15 is 0 Å². The highest BCUT2D eigenvalue weighted by Gasteiger charge is 2.24. The number of hydrogen-bond donors (Lipinski definition) is 2. The lowest BCUT2D eigenvalue weighted by molar-refractivity contribution is 0.0940. The van der Waals surface area contributed by atoms with E-state index in [-0.39, 0.29) is 16.5 Å². The summed E-state index contributed by atoms with van der Waals surface area (Å²) in [5, 5.41) is 2.76. The van der Waals surface area contributed by atoms with Crippen molar-refractivity contribution in [2.45, 2.75) is 51.1 Å². The lowest BCUT2D eigenvalue weighted by Gasteiger charge is -2.19. The molecule has 0 spiro atoms. The normalized spacial score (nSPS) is 12.5. The number of nitrogens with one attached hydrogen (secondary N) is 2. The monoisotopic (exact) mass is 434 g/mol. The van der Waals surface area contributed by atoms with Gasteiger partial charge in [0.25, 0.3) is 5.91 Å². The van der Waals surface area contributed by atoms with Gasteiger partial charge >= 0.3 is 0 Å². The molecule has 1 atom stereocenters. The van der Waals surface area contributed by atoms with Crippen LogP contribution in [0.2, 0.25) is 0 Å². The van der Waals surface area contributed by atoms with Crippen LogP contribution in [0.5, 0.6) is 11.5 Å². The molecule has 0 heterocycles. The summed E-state index contributed by atoms with van der Waals surface area (Å²) in [5.41, 5.74) is 1.93. The highest BCUT2D eigenvalue weighted by atomic mass is 32.2. The van der Waals surface area contributed by atoms with Gasteiger partial charge in [0.1, 0.15) is 11.5 Å². The first-order valence-electron chi connectivity index (χ1n) is 9.78. The third-order valence-corrected chi connectivity index (χ3v) is 6.14. The Morgan fingerprint density at radius 2 is 1.67 bits per heavy atom. The number of hydrogen-bond acceptors (Lipinski definition) is 5. The molecule has 7 nitrogen and oxygen atoms in total. The maximum atomic E-state index is 13.1. The summed E-state index contributed by atoms with van der Waals surface area (Å²) in [7, 11) is -0.841. The van der Waals surface area contributed by atoms with Crippen molar-refractivity contribution in [1.82, 2.24) is 10.0 Å². The predicted octanol–water partition coefficient (Wildman–Crippen LogP) is 3.58. The molecule has 2 aromatic rings. The van der Waals surface area contributed by atoms with Gasteiger partial charge in [0.2, 0.25) is 10.0 Å². The van der Waals surface area contributed by atoms with Crippen LogP contribution in [0.15, 0.2) is 41.3 Å². The summed E-state index contributed by atoms with van der Waals surface area (Å²) >= 11 is 0. The molecule has 2 rings (SSSR count). The first-order chi connectivity index (χ1) is 14.1. The van der Waals surface area contributed by atoms with E-state index in [0.29, 0.717) is 12.2 Å². The number of sulfonamides is 1. The summed E-state index contributed by atoms with van der Waals surface area (Å²) in [6, 6.07) is 9.32. The molecule has 1 amide bonds. The van der Waals surface area contributed by atoms with Crippen molar-refractivity contribution in [2.24, 2.45) is 0 Å². The Hall–Kier alpha value is -2.58. The molecular weight excluding hydrogens is 404 g/mol. The summed E-state index contributed by atoms with van der Waals surface area (Å²) in [5.74, 6) is 0.661. The van der Waals surface area contributed by atoms with Crippen molar-refractivity contribution >= 4 is 15.9 Å². The molecule has 0 aliphatic carbocycles. The maximum Gasteiger partial charge on any atom is 0.255 e. The van der Waals surface area contributed by atoms with Crippen LogP contribution in [0.4, 0.5) is 0 Å². The van der Waals surface area contributed by atoms with Gasteiger partial charge in [0.15, 0.2) is 0 Å². The average molecular weight is 435 g/mol. The highest BCUT2D eigenvalue weighted by molar-refractivity contribution is 7.89. The second kappa shape index (κ2) is 9.95. The van der Waals surface area contributed by atoms with Crippen LogP contribution in [0, 0.1) is 6.92 Å². The molecule has 2 N–H and O–H groups in total. The molecule has 164 valence electrons. The van der Waals surface area contributed by atoms with Crippen molar-refractivity contribution in [3.8, 4) is 11.5 Å². The Kier molecular flexibility index (Phi) is 7.86. The molecule has 8 heteroatoms. The van der Waals surface area contributed by atoms with Crippen LogP contribution in [0.1, 0.15) is 54.7 Å². The topological polar surface area (TPSA) is 93.7 Å². The van der Waals surface area contributed by atoms with E-state index in [1.54, 1.807) is 7.11 Å². The average Bonchev–Trinajstić information content (AvgIpc) is 2.70. The fraction of sp³-hybridized carbons (Fsp3) is 0.409. The van der Waals surface area contributed by atoms with E-state index in [1.165, 1.54) is 25.3 Å². The summed E-state index contributed by atoms with van der Waals surface area (Å²) in [6.07, 6.45) is 0.557. The van der Waals surface area contributed by atoms with Gasteiger partial charge in [-0.3, -0.25) is 4.79 Å². The third kappa shape index (κ3) is 5.52. The van der Waals surface area contributed by atoms with E-state index in [2.05, 4.69) is 10.0 Å². The zero-order chi connectivity index (χ0) is 22.5. The van der Waals surface area contributed by atoms with Crippen LogP contribution < -0.4 is 19.5 Å². The molecule has 0 unspecified atom stereocenters. The van der Waals surface area contributed by atoms with Crippen LogP contribution in [0.25, 0.3) is 0 Å². The third-order valence-electron chi connectivity index (χ3n) is 4.67. The molecule has 0 fully saturated rings. The van der Waals surface area contributed by atoms with E-state index in [0.717, 1.165) is 16.9 Å². The number of amides is 1. The molecular formula is C22H30N2O5S. The van der Waals surface area contributed by atoms with Gasteiger partial charge < -0.3 is 14.8 Å². The van der Waals surface area contributed by atoms with Crippen LogP contribution in [-0.2, 0) is 10.0 Å². The minimum atomic E-state index is -3.87. The molecule has 30 heavy (non-hydrogen) atoms. The second-order valence-electron chi connectivity index (χ2n) is 7.30. The molecule has 2 aromatic carbocycles. The number of rotatable bonds is 9. The van der Waals surface area contributed by atoms with Crippen LogP contribution in [-0.4, -0.2) is 34.6 Å². The van der Waals surface area contributed by atoms with Gasteiger partial charge in [0, 0.05) is 12.1 Å². The van der Waals surface area contributed by atoms with Gasteiger partial charge in [-0.15, -0.1) is 0 Å². The predicted molar refractivity (Wildman–Crippen MR) is 117 cm³/mol. The SMILES string of the molecule is CC[C@@H](NS(=O)(=O)c1ccc(OC)c(C(=O)NC(C)C)c1)c1ccc(OC)c(C)c1. The van der Waals surface area contributed by atoms with E-state index < -0.39 is 22.0 Å². The molecule has 0 aliphatic heterocycles. The summed E-state index contributed by atoms with van der Waals surface area (Å²) in [4.78, 5) is 12.5. The number of ether oxygens (including phenoxy) is 2. The highest BCUT2D eigenvalue weighted by Crippen LogP contribution is 2.27. The number of carbonyl (C=O) groups is 1. The van der Waals surface area contributed by atoms with Gasteiger partial charge in [0.05, 0.1) is 24.7 Å². The first kappa shape index (κ1) is 23.7. The Balaban J connectivity index is 2.37. The van der Waals surface area contributed by atoms with Gasteiger partial charge in [-0.05, 0) is 62.6 Å². The molecule has 0 aromatic heterocycles. The van der Waals surface area contributed by atoms with Crippen molar-refractivity contribution in [2.75, 3.05) is 14.2 Å². The molecule has 0 saturated heterocycles. The fourth-order valence-corrected chi connectivity index (χ4v) is 4.47. The smallest absolute Gasteiger partial charge is 0.255 e. The van der Waals surface area contributed by atoms with Crippen LogP contribution in [0.3, 0.4) is 0 Å². The van der Waals surface area contributed by atoms with E-state index in [9.17, 15) is 13.2 Å². The number of carbonyl (C=O) groups excluding carboxylic acids is 1. The molecule has 0 aliphatic rings. The van der Waals surface area contributed by atoms with Gasteiger partial charge in [-0.1, -0.05) is 19.1 Å². The molecule has 0 radical (unpaired) electrons.